The minimum absolute atomic E-state index is 0. The van der Waals surface area contributed by atoms with Crippen LogP contribution >= 0.6 is 35.7 Å². The number of halogens is 4. The second kappa shape index (κ2) is 11.2. The number of aliphatic imine (C=N–C) groups is 1. The first-order valence-electron chi connectivity index (χ1n) is 6.89. The van der Waals surface area contributed by atoms with Crippen LogP contribution in [0.25, 0.3) is 0 Å². The second-order valence-corrected chi connectivity index (χ2v) is 6.89. The molecule has 0 aliphatic carbocycles. The Kier molecular flexibility index (Phi) is 12.1. The summed E-state index contributed by atoms with van der Waals surface area (Å²) in [4.78, 5) is 16.3. The van der Waals surface area contributed by atoms with Crippen LogP contribution in [0.3, 0.4) is 0 Å². The largest absolute Gasteiger partial charge is 0.406 e. The van der Waals surface area contributed by atoms with Crippen LogP contribution in [0.1, 0.15) is 20.8 Å². The van der Waals surface area contributed by atoms with Crippen molar-refractivity contribution in [3.63, 3.8) is 0 Å². The SMILES string of the molecule is CCNC(=NCC(=O)N(C)CC(F)(F)F)NCC(C)(C)SC.I. The lowest BCUT2D eigenvalue weighted by molar-refractivity contribution is -0.157. The molecule has 2 N–H and O–H groups in total. The van der Waals surface area contributed by atoms with Gasteiger partial charge in [0.25, 0.3) is 0 Å². The van der Waals surface area contributed by atoms with Gasteiger partial charge in [-0.1, -0.05) is 0 Å². The van der Waals surface area contributed by atoms with E-state index in [2.05, 4.69) is 29.5 Å². The van der Waals surface area contributed by atoms with E-state index in [9.17, 15) is 18.0 Å². The van der Waals surface area contributed by atoms with Crippen LogP contribution in [0.4, 0.5) is 13.2 Å². The first kappa shape index (κ1) is 24.9. The molecule has 0 fully saturated rings. The second-order valence-electron chi connectivity index (χ2n) is 5.38. The lowest BCUT2D eigenvalue weighted by Crippen LogP contribution is -2.44. The molecular weight excluding hydrogens is 444 g/mol. The van der Waals surface area contributed by atoms with Crippen molar-refractivity contribution < 1.29 is 18.0 Å². The summed E-state index contributed by atoms with van der Waals surface area (Å²) in [6.07, 6.45) is -2.42. The number of rotatable bonds is 7. The molecule has 0 aromatic rings. The van der Waals surface area contributed by atoms with Crippen molar-refractivity contribution in [3.05, 3.63) is 0 Å². The van der Waals surface area contributed by atoms with Crippen molar-refractivity contribution in [3.8, 4) is 0 Å². The van der Waals surface area contributed by atoms with Crippen LogP contribution in [0.2, 0.25) is 0 Å². The Labute approximate surface area is 157 Å². The van der Waals surface area contributed by atoms with E-state index in [0.29, 0.717) is 23.9 Å². The molecular formula is C13H26F3IN4OS. The number of amides is 1. The van der Waals surface area contributed by atoms with Gasteiger partial charge in [-0.3, -0.25) is 4.79 Å². The fraction of sp³-hybridized carbons (Fsp3) is 0.846. The molecule has 0 unspecified atom stereocenters. The number of carbonyl (C=O) groups excluding carboxylic acids is 1. The van der Waals surface area contributed by atoms with Gasteiger partial charge in [0.05, 0.1) is 0 Å². The standard InChI is InChI=1S/C13H25F3N4OS.HI/c1-6-17-11(19-8-12(2,3)22-5)18-7-10(21)20(4)9-13(14,15)16;/h6-9H2,1-5H3,(H2,17,18,19);1H. The van der Waals surface area contributed by atoms with Crippen LogP contribution in [-0.2, 0) is 4.79 Å². The third-order valence-corrected chi connectivity index (χ3v) is 4.04. The van der Waals surface area contributed by atoms with Crippen LogP contribution in [-0.4, -0.2) is 67.2 Å². The van der Waals surface area contributed by atoms with E-state index in [0.717, 1.165) is 7.05 Å². The zero-order valence-electron chi connectivity index (χ0n) is 14.1. The van der Waals surface area contributed by atoms with Crippen molar-refractivity contribution in [1.82, 2.24) is 15.5 Å². The van der Waals surface area contributed by atoms with Gasteiger partial charge in [-0.25, -0.2) is 4.99 Å². The summed E-state index contributed by atoms with van der Waals surface area (Å²) in [6.45, 7) is 5.58. The normalized spacial score (nSPS) is 12.4. The van der Waals surface area contributed by atoms with E-state index in [1.807, 2.05) is 13.2 Å². The summed E-state index contributed by atoms with van der Waals surface area (Å²) in [5, 5.41) is 6.04. The number of hydrogen-bond acceptors (Lipinski definition) is 3. The monoisotopic (exact) mass is 470 g/mol. The fourth-order valence-electron chi connectivity index (χ4n) is 1.34. The lowest BCUT2D eigenvalue weighted by Gasteiger charge is -2.24. The Balaban J connectivity index is 0. The molecule has 1 amide bonds. The smallest absolute Gasteiger partial charge is 0.357 e. The first-order valence-corrected chi connectivity index (χ1v) is 8.11. The highest BCUT2D eigenvalue weighted by molar-refractivity contribution is 14.0. The average Bonchev–Trinajstić information content (AvgIpc) is 2.39. The van der Waals surface area contributed by atoms with Gasteiger partial charge in [-0.15, -0.1) is 24.0 Å². The van der Waals surface area contributed by atoms with Crippen molar-refractivity contribution >= 4 is 47.6 Å². The van der Waals surface area contributed by atoms with Gasteiger partial charge >= 0.3 is 6.18 Å². The summed E-state index contributed by atoms with van der Waals surface area (Å²) in [5.41, 5.74) is 0. The molecule has 0 aliphatic heterocycles. The topological polar surface area (TPSA) is 56.7 Å². The molecule has 0 radical (unpaired) electrons. The summed E-state index contributed by atoms with van der Waals surface area (Å²) >= 11 is 1.68. The Bertz CT molecular complexity index is 392. The minimum atomic E-state index is -4.40. The zero-order valence-corrected chi connectivity index (χ0v) is 17.2. The van der Waals surface area contributed by atoms with Gasteiger partial charge < -0.3 is 15.5 Å². The number of hydrogen-bond donors (Lipinski definition) is 2. The van der Waals surface area contributed by atoms with Gasteiger partial charge in [-0.2, -0.15) is 24.9 Å². The number of carbonyl (C=O) groups is 1. The molecule has 0 aromatic heterocycles. The van der Waals surface area contributed by atoms with Crippen LogP contribution in [0.5, 0.6) is 0 Å². The molecule has 0 rings (SSSR count). The van der Waals surface area contributed by atoms with E-state index in [4.69, 9.17) is 0 Å². The number of guanidine groups is 1. The van der Waals surface area contributed by atoms with Gasteiger partial charge in [0.2, 0.25) is 5.91 Å². The molecule has 0 aromatic carbocycles. The molecule has 138 valence electrons. The molecule has 5 nitrogen and oxygen atoms in total. The van der Waals surface area contributed by atoms with Gasteiger partial charge in [0, 0.05) is 24.9 Å². The molecule has 0 aliphatic rings. The van der Waals surface area contributed by atoms with Crippen LogP contribution in [0.15, 0.2) is 4.99 Å². The number of alkyl halides is 3. The summed E-state index contributed by atoms with van der Waals surface area (Å²) in [7, 11) is 1.11. The van der Waals surface area contributed by atoms with E-state index in [-0.39, 0.29) is 35.3 Å². The van der Waals surface area contributed by atoms with Crippen molar-refractivity contribution in [2.24, 2.45) is 4.99 Å². The lowest BCUT2D eigenvalue weighted by atomic mass is 10.2. The summed E-state index contributed by atoms with van der Waals surface area (Å²) < 4.78 is 36.6. The molecule has 0 atom stereocenters. The van der Waals surface area contributed by atoms with Crippen LogP contribution in [0, 0.1) is 0 Å². The Morgan fingerprint density at radius 1 is 1.26 bits per heavy atom. The van der Waals surface area contributed by atoms with E-state index >= 15 is 0 Å². The molecule has 23 heavy (non-hydrogen) atoms. The van der Waals surface area contributed by atoms with E-state index in [1.165, 1.54) is 0 Å². The fourth-order valence-corrected chi connectivity index (χ4v) is 1.55. The maximum Gasteiger partial charge on any atom is 0.406 e. The quantitative estimate of drug-likeness (QED) is 0.341. The third-order valence-electron chi connectivity index (χ3n) is 2.79. The molecule has 10 heteroatoms. The molecule has 0 saturated heterocycles. The molecule has 0 heterocycles. The van der Waals surface area contributed by atoms with Gasteiger partial charge in [-0.05, 0) is 27.0 Å². The summed E-state index contributed by atoms with van der Waals surface area (Å²) in [6, 6.07) is 0. The highest BCUT2D eigenvalue weighted by Gasteiger charge is 2.31. The number of nitrogens with one attached hydrogen (secondary N) is 2. The van der Waals surface area contributed by atoms with E-state index < -0.39 is 18.6 Å². The zero-order chi connectivity index (χ0) is 17.4. The molecule has 0 spiro atoms. The number of nitrogens with zero attached hydrogens (tertiary/aromatic N) is 2. The predicted octanol–water partition coefficient (Wildman–Crippen LogP) is 2.32. The number of thioether (sulfide) groups is 1. The summed E-state index contributed by atoms with van der Waals surface area (Å²) in [5.74, 6) is -0.267. The molecule has 0 saturated carbocycles. The van der Waals surface area contributed by atoms with Gasteiger partial charge in [0.1, 0.15) is 13.1 Å². The maximum absolute atomic E-state index is 12.2. The highest BCUT2D eigenvalue weighted by Crippen LogP contribution is 2.19. The van der Waals surface area contributed by atoms with E-state index in [1.54, 1.807) is 11.8 Å². The van der Waals surface area contributed by atoms with Crippen molar-refractivity contribution in [2.45, 2.75) is 31.7 Å². The number of likely N-dealkylation sites (N-methyl/N-ethyl adjacent to an activating group) is 1. The van der Waals surface area contributed by atoms with Crippen molar-refractivity contribution in [2.75, 3.05) is 39.5 Å². The first-order chi connectivity index (χ1) is 10.0. The van der Waals surface area contributed by atoms with Crippen LogP contribution < -0.4 is 10.6 Å². The molecule has 0 bridgehead atoms. The Morgan fingerprint density at radius 3 is 2.26 bits per heavy atom. The third kappa shape index (κ3) is 12.7. The van der Waals surface area contributed by atoms with Crippen molar-refractivity contribution in [1.29, 1.82) is 0 Å². The maximum atomic E-state index is 12.2. The highest BCUT2D eigenvalue weighted by atomic mass is 127. The Morgan fingerprint density at radius 2 is 1.83 bits per heavy atom. The minimum Gasteiger partial charge on any atom is -0.357 e. The Hall–Kier alpha value is -0.390. The predicted molar refractivity (Wildman–Crippen MR) is 101 cm³/mol. The average molecular weight is 470 g/mol. The van der Waals surface area contributed by atoms with Gasteiger partial charge in [0.15, 0.2) is 5.96 Å².